The van der Waals surface area contributed by atoms with Gasteiger partial charge in [-0.25, -0.2) is 0 Å². The zero-order valence-corrected chi connectivity index (χ0v) is 20.3. The standard InChI is InChI=1S/C29H27F3N2O3/c1-37-21-12-13-24-23(17-21)22-15-16-34(27(28(35)36)19-5-3-2-4-6-19)25(26(22)33-24)14-9-18-7-10-20(11-8-18)29(30,31)32/h2-8,10-13,17,25,27,33H,9,14-16H2,1H3,(H,35,36). The molecular formula is C29H27F3N2O3. The second-order valence-corrected chi connectivity index (χ2v) is 9.32. The number of benzene rings is 3. The SMILES string of the molecule is COc1ccc2[nH]c3c(c2c1)CCN(C(C(=O)O)c1ccccc1)C3CCc1ccc(C(F)(F)F)cc1. The van der Waals surface area contributed by atoms with Gasteiger partial charge in [0.2, 0.25) is 0 Å². The van der Waals surface area contributed by atoms with Gasteiger partial charge >= 0.3 is 12.1 Å². The van der Waals surface area contributed by atoms with Crippen molar-refractivity contribution in [2.75, 3.05) is 13.7 Å². The summed E-state index contributed by atoms with van der Waals surface area (Å²) in [4.78, 5) is 18.1. The van der Waals surface area contributed by atoms with Crippen LogP contribution in [-0.4, -0.2) is 34.6 Å². The van der Waals surface area contributed by atoms with Gasteiger partial charge in [-0.15, -0.1) is 0 Å². The van der Waals surface area contributed by atoms with Crippen LogP contribution in [0.1, 0.15) is 46.5 Å². The maximum atomic E-state index is 13.0. The van der Waals surface area contributed by atoms with E-state index in [1.165, 1.54) is 12.1 Å². The number of aliphatic carboxylic acids is 1. The number of hydrogen-bond donors (Lipinski definition) is 2. The zero-order valence-electron chi connectivity index (χ0n) is 20.3. The number of nitrogens with one attached hydrogen (secondary N) is 1. The van der Waals surface area contributed by atoms with E-state index in [9.17, 15) is 23.1 Å². The average Bonchev–Trinajstić information content (AvgIpc) is 3.26. The number of aromatic nitrogens is 1. The molecule has 1 aliphatic heterocycles. The van der Waals surface area contributed by atoms with Gasteiger partial charge in [0.05, 0.1) is 18.7 Å². The number of methoxy groups -OCH3 is 1. The van der Waals surface area contributed by atoms with Gasteiger partial charge in [-0.1, -0.05) is 42.5 Å². The Kier molecular flexibility index (Phi) is 6.69. The lowest BCUT2D eigenvalue weighted by Crippen LogP contribution is -2.41. The van der Waals surface area contributed by atoms with Crippen LogP contribution in [0.2, 0.25) is 0 Å². The van der Waals surface area contributed by atoms with E-state index in [2.05, 4.69) is 4.98 Å². The Morgan fingerprint density at radius 1 is 1.11 bits per heavy atom. The van der Waals surface area contributed by atoms with Crippen LogP contribution in [0.15, 0.2) is 72.8 Å². The predicted octanol–water partition coefficient (Wildman–Crippen LogP) is 6.55. The summed E-state index contributed by atoms with van der Waals surface area (Å²) in [5.41, 5.74) is 3.79. The van der Waals surface area contributed by atoms with Gasteiger partial charge in [-0.05, 0) is 66.3 Å². The second kappa shape index (κ2) is 9.94. The molecule has 0 saturated carbocycles. The Morgan fingerprint density at radius 3 is 2.49 bits per heavy atom. The van der Waals surface area contributed by atoms with Gasteiger partial charge in [0.15, 0.2) is 0 Å². The molecule has 4 aromatic rings. The van der Waals surface area contributed by atoms with E-state index in [-0.39, 0.29) is 6.04 Å². The quantitative estimate of drug-likeness (QED) is 0.297. The number of fused-ring (bicyclic) bond motifs is 3. The molecule has 2 atom stereocenters. The Labute approximate surface area is 212 Å². The summed E-state index contributed by atoms with van der Waals surface area (Å²) >= 11 is 0. The fourth-order valence-electron chi connectivity index (χ4n) is 5.39. The highest BCUT2D eigenvalue weighted by Gasteiger charge is 2.38. The number of ether oxygens (including phenoxy) is 1. The van der Waals surface area contributed by atoms with Crippen molar-refractivity contribution in [3.8, 4) is 5.75 Å². The lowest BCUT2D eigenvalue weighted by Gasteiger charge is -2.39. The van der Waals surface area contributed by atoms with E-state index >= 15 is 0 Å². The van der Waals surface area contributed by atoms with Crippen molar-refractivity contribution in [3.05, 3.63) is 101 Å². The smallest absolute Gasteiger partial charge is 0.416 e. The minimum absolute atomic E-state index is 0.272. The first kappa shape index (κ1) is 24.9. The van der Waals surface area contributed by atoms with Crippen molar-refractivity contribution in [3.63, 3.8) is 0 Å². The minimum atomic E-state index is -4.39. The molecule has 37 heavy (non-hydrogen) atoms. The van der Waals surface area contributed by atoms with Gasteiger partial charge < -0.3 is 14.8 Å². The van der Waals surface area contributed by atoms with E-state index in [0.29, 0.717) is 31.4 Å². The van der Waals surface area contributed by atoms with E-state index in [0.717, 1.165) is 45.6 Å². The molecule has 0 radical (unpaired) electrons. The van der Waals surface area contributed by atoms with E-state index in [4.69, 9.17) is 4.74 Å². The predicted molar refractivity (Wildman–Crippen MR) is 135 cm³/mol. The molecule has 0 bridgehead atoms. The number of halogens is 3. The molecule has 0 fully saturated rings. The maximum absolute atomic E-state index is 13.0. The molecular weight excluding hydrogens is 481 g/mol. The summed E-state index contributed by atoms with van der Waals surface area (Å²) in [5.74, 6) is -0.197. The zero-order chi connectivity index (χ0) is 26.2. The van der Waals surface area contributed by atoms with Crippen molar-refractivity contribution in [2.24, 2.45) is 0 Å². The van der Waals surface area contributed by atoms with E-state index in [1.807, 2.05) is 53.4 Å². The van der Waals surface area contributed by atoms with Crippen molar-refractivity contribution in [1.82, 2.24) is 9.88 Å². The summed E-state index contributed by atoms with van der Waals surface area (Å²) in [7, 11) is 1.62. The molecule has 2 N–H and O–H groups in total. The second-order valence-electron chi connectivity index (χ2n) is 9.32. The van der Waals surface area contributed by atoms with Crippen LogP contribution in [0.5, 0.6) is 5.75 Å². The Bertz CT molecular complexity index is 1400. The van der Waals surface area contributed by atoms with Gasteiger partial charge in [-0.2, -0.15) is 13.2 Å². The highest BCUT2D eigenvalue weighted by atomic mass is 19.4. The number of rotatable bonds is 7. The summed E-state index contributed by atoms with van der Waals surface area (Å²) in [6.45, 7) is 0.528. The molecule has 0 amide bonds. The summed E-state index contributed by atoms with van der Waals surface area (Å²) in [6, 6.07) is 19.0. The summed E-state index contributed by atoms with van der Waals surface area (Å²) in [5, 5.41) is 11.3. The van der Waals surface area contributed by atoms with Crippen molar-refractivity contribution < 1.29 is 27.8 Å². The largest absolute Gasteiger partial charge is 0.497 e. The van der Waals surface area contributed by atoms with Gasteiger partial charge in [0, 0.05) is 23.1 Å². The molecule has 0 aliphatic carbocycles. The molecule has 8 heteroatoms. The van der Waals surface area contributed by atoms with Crippen LogP contribution in [0, 0.1) is 0 Å². The van der Waals surface area contributed by atoms with Crippen LogP contribution >= 0.6 is 0 Å². The third-order valence-electron chi connectivity index (χ3n) is 7.17. The number of alkyl halides is 3. The number of aryl methyl sites for hydroxylation is 1. The third kappa shape index (κ3) is 4.93. The number of carbonyl (C=O) groups is 1. The molecule has 5 nitrogen and oxygen atoms in total. The van der Waals surface area contributed by atoms with Crippen LogP contribution in [0.4, 0.5) is 13.2 Å². The Morgan fingerprint density at radius 2 is 1.84 bits per heavy atom. The first-order valence-electron chi connectivity index (χ1n) is 12.1. The molecule has 3 aromatic carbocycles. The van der Waals surface area contributed by atoms with Gasteiger partial charge in [0.1, 0.15) is 11.8 Å². The summed E-state index contributed by atoms with van der Waals surface area (Å²) in [6.07, 6.45) is -2.68. The van der Waals surface area contributed by atoms with Gasteiger partial charge in [0.25, 0.3) is 0 Å². The van der Waals surface area contributed by atoms with Crippen LogP contribution in [-0.2, 0) is 23.8 Å². The molecule has 0 spiro atoms. The minimum Gasteiger partial charge on any atom is -0.497 e. The molecule has 192 valence electrons. The number of aromatic amines is 1. The number of carboxylic acid groups (broad SMARTS) is 1. The third-order valence-corrected chi connectivity index (χ3v) is 7.17. The maximum Gasteiger partial charge on any atom is 0.416 e. The normalized spacial score (nSPS) is 16.9. The van der Waals surface area contributed by atoms with Crippen molar-refractivity contribution in [2.45, 2.75) is 37.5 Å². The molecule has 1 aromatic heterocycles. The Hall–Kier alpha value is -3.78. The summed E-state index contributed by atoms with van der Waals surface area (Å²) < 4.78 is 44.5. The van der Waals surface area contributed by atoms with Gasteiger partial charge in [-0.3, -0.25) is 9.69 Å². The van der Waals surface area contributed by atoms with Crippen LogP contribution < -0.4 is 4.74 Å². The van der Waals surface area contributed by atoms with Crippen LogP contribution in [0.25, 0.3) is 10.9 Å². The molecule has 1 aliphatic rings. The first-order valence-corrected chi connectivity index (χ1v) is 12.1. The molecule has 2 heterocycles. The lowest BCUT2D eigenvalue weighted by atomic mass is 9.90. The lowest BCUT2D eigenvalue weighted by molar-refractivity contribution is -0.145. The average molecular weight is 509 g/mol. The molecule has 5 rings (SSSR count). The van der Waals surface area contributed by atoms with E-state index < -0.39 is 23.8 Å². The Balaban J connectivity index is 1.53. The van der Waals surface area contributed by atoms with Crippen molar-refractivity contribution >= 4 is 16.9 Å². The number of hydrogen-bond acceptors (Lipinski definition) is 3. The monoisotopic (exact) mass is 508 g/mol. The fourth-order valence-corrected chi connectivity index (χ4v) is 5.39. The van der Waals surface area contributed by atoms with Crippen LogP contribution in [0.3, 0.4) is 0 Å². The number of nitrogens with zero attached hydrogens (tertiary/aromatic N) is 1. The highest BCUT2D eigenvalue weighted by molar-refractivity contribution is 5.86. The fraction of sp³-hybridized carbons (Fsp3) is 0.276. The topological polar surface area (TPSA) is 65.6 Å². The number of carboxylic acids is 1. The number of H-pyrrole nitrogens is 1. The van der Waals surface area contributed by atoms with E-state index in [1.54, 1.807) is 7.11 Å². The molecule has 2 unspecified atom stereocenters. The van der Waals surface area contributed by atoms with Crippen molar-refractivity contribution in [1.29, 1.82) is 0 Å². The first-order chi connectivity index (χ1) is 17.8. The highest BCUT2D eigenvalue weighted by Crippen LogP contribution is 2.42. The molecule has 0 saturated heterocycles.